The van der Waals surface area contributed by atoms with Crippen molar-refractivity contribution in [3.63, 3.8) is 0 Å². The van der Waals surface area contributed by atoms with Crippen molar-refractivity contribution in [1.82, 2.24) is 0 Å². The van der Waals surface area contributed by atoms with Crippen molar-refractivity contribution in [3.05, 3.63) is 0 Å². The van der Waals surface area contributed by atoms with Crippen LogP contribution in [-0.2, 0) is 9.31 Å². The van der Waals surface area contributed by atoms with Crippen LogP contribution < -0.4 is 5.73 Å². The van der Waals surface area contributed by atoms with Gasteiger partial charge in [-0.1, -0.05) is 19.3 Å². The highest BCUT2D eigenvalue weighted by molar-refractivity contribution is 6.47. The average Bonchev–Trinajstić information content (AvgIpc) is 2.36. The Bertz CT molecular complexity index is 252. The lowest BCUT2D eigenvalue weighted by Gasteiger charge is -2.32. The molecule has 0 aromatic heterocycles. The fourth-order valence-corrected chi connectivity index (χ4v) is 2.59. The molecule has 2 N–H and O–H groups in total. The molecule has 4 heteroatoms. The summed E-state index contributed by atoms with van der Waals surface area (Å²) in [6.07, 6.45) is 4.74. The van der Waals surface area contributed by atoms with Gasteiger partial charge in [-0.25, -0.2) is 0 Å². The van der Waals surface area contributed by atoms with Crippen LogP contribution in [0.15, 0.2) is 0 Å². The second-order valence-corrected chi connectivity index (χ2v) is 6.24. The van der Waals surface area contributed by atoms with Gasteiger partial charge in [0.15, 0.2) is 0 Å². The molecule has 0 bridgehead atoms. The van der Waals surface area contributed by atoms with Crippen LogP contribution in [0.5, 0.6) is 0 Å². The van der Waals surface area contributed by atoms with Crippen LogP contribution in [0.3, 0.4) is 0 Å². The van der Waals surface area contributed by atoms with Gasteiger partial charge in [0.2, 0.25) is 0 Å². The van der Waals surface area contributed by atoms with E-state index >= 15 is 0 Å². The van der Waals surface area contributed by atoms with Gasteiger partial charge in [-0.15, -0.1) is 0 Å². The van der Waals surface area contributed by atoms with Crippen LogP contribution >= 0.6 is 0 Å². The lowest BCUT2D eigenvalue weighted by Crippen LogP contribution is -2.41. The number of rotatable bonds is 1. The van der Waals surface area contributed by atoms with Gasteiger partial charge in [-0.05, 0) is 34.1 Å². The minimum atomic E-state index is -0.227. The third kappa shape index (κ3) is 2.03. The van der Waals surface area contributed by atoms with Crippen LogP contribution in [0.1, 0.15) is 53.4 Å². The Kier molecular flexibility index (Phi) is 3.10. The molecule has 0 aromatic carbocycles. The predicted molar refractivity (Wildman–Crippen MR) is 66.3 cm³/mol. The van der Waals surface area contributed by atoms with Gasteiger partial charge in [0.1, 0.15) is 0 Å². The van der Waals surface area contributed by atoms with E-state index in [2.05, 4.69) is 27.7 Å². The maximum atomic E-state index is 6.18. The summed E-state index contributed by atoms with van der Waals surface area (Å²) in [4.78, 5) is 0. The van der Waals surface area contributed by atoms with Crippen molar-refractivity contribution >= 4 is 7.12 Å². The van der Waals surface area contributed by atoms with Gasteiger partial charge in [-0.3, -0.25) is 0 Å². The van der Waals surface area contributed by atoms with Gasteiger partial charge >= 0.3 is 7.12 Å². The van der Waals surface area contributed by atoms with E-state index in [9.17, 15) is 0 Å². The molecule has 2 atom stereocenters. The normalized spacial score (nSPS) is 37.7. The Morgan fingerprint density at radius 2 is 1.50 bits per heavy atom. The van der Waals surface area contributed by atoms with Crippen LogP contribution in [0.25, 0.3) is 0 Å². The quantitative estimate of drug-likeness (QED) is 0.696. The Labute approximate surface area is 99.2 Å². The number of hydrogen-bond donors (Lipinski definition) is 1. The van der Waals surface area contributed by atoms with Crippen molar-refractivity contribution in [2.45, 2.75) is 76.4 Å². The fraction of sp³-hybridized carbons (Fsp3) is 1.00. The zero-order chi connectivity index (χ0) is 12.0. The smallest absolute Gasteiger partial charge is 0.403 e. The predicted octanol–water partition coefficient (Wildman–Crippen LogP) is 2.35. The summed E-state index contributed by atoms with van der Waals surface area (Å²) in [5.41, 5.74) is 5.72. The van der Waals surface area contributed by atoms with Gasteiger partial charge in [0.05, 0.1) is 11.2 Å². The third-order valence-corrected chi connectivity index (χ3v) is 4.50. The van der Waals surface area contributed by atoms with E-state index in [1.807, 2.05) is 0 Å². The van der Waals surface area contributed by atoms with Gasteiger partial charge in [0, 0.05) is 11.9 Å². The van der Waals surface area contributed by atoms with Crippen molar-refractivity contribution in [1.29, 1.82) is 0 Å². The van der Waals surface area contributed by atoms with Crippen molar-refractivity contribution in [2.24, 2.45) is 5.73 Å². The Morgan fingerprint density at radius 1 is 1.00 bits per heavy atom. The zero-order valence-electron chi connectivity index (χ0n) is 11.0. The molecule has 3 nitrogen and oxygen atoms in total. The molecule has 2 fully saturated rings. The molecule has 1 saturated heterocycles. The summed E-state index contributed by atoms with van der Waals surface area (Å²) in [6.45, 7) is 8.39. The van der Waals surface area contributed by atoms with Crippen LogP contribution in [0.2, 0.25) is 5.82 Å². The highest BCUT2D eigenvalue weighted by Crippen LogP contribution is 2.43. The van der Waals surface area contributed by atoms with E-state index in [-0.39, 0.29) is 24.4 Å². The van der Waals surface area contributed by atoms with Crippen LogP contribution in [0, 0.1) is 0 Å². The molecule has 2 unspecified atom stereocenters. The molecular formula is C12H24BNO2. The highest BCUT2D eigenvalue weighted by Gasteiger charge is 2.54. The van der Waals surface area contributed by atoms with E-state index in [1.165, 1.54) is 12.8 Å². The minimum absolute atomic E-state index is 0.111. The lowest BCUT2D eigenvalue weighted by atomic mass is 9.62. The summed E-state index contributed by atoms with van der Waals surface area (Å²) in [7, 11) is -0.111. The summed E-state index contributed by atoms with van der Waals surface area (Å²) < 4.78 is 12.1. The summed E-state index contributed by atoms with van der Waals surface area (Å²) >= 11 is 0. The first-order valence-electron chi connectivity index (χ1n) is 6.45. The average molecular weight is 225 g/mol. The Morgan fingerprint density at radius 3 is 2.00 bits per heavy atom. The van der Waals surface area contributed by atoms with Gasteiger partial charge in [0.25, 0.3) is 0 Å². The molecular weight excluding hydrogens is 201 g/mol. The Hall–Kier alpha value is -0.0551. The molecule has 16 heavy (non-hydrogen) atoms. The SMILES string of the molecule is CC1(C)OB(C2CCCCC2N)OC1(C)C. The molecule has 0 amide bonds. The molecule has 92 valence electrons. The van der Waals surface area contributed by atoms with Gasteiger partial charge in [-0.2, -0.15) is 0 Å². The first-order chi connectivity index (χ1) is 7.33. The second-order valence-electron chi connectivity index (χ2n) is 6.24. The fourth-order valence-electron chi connectivity index (χ4n) is 2.59. The maximum Gasteiger partial charge on any atom is 0.462 e. The Balaban J connectivity index is 2.07. The monoisotopic (exact) mass is 225 g/mol. The lowest BCUT2D eigenvalue weighted by molar-refractivity contribution is 0.00578. The standard InChI is InChI=1S/C12H24BNO2/c1-11(2)12(3,4)16-13(15-11)9-7-5-6-8-10(9)14/h9-10H,5-8,14H2,1-4H3. The van der Waals surface area contributed by atoms with Crippen molar-refractivity contribution < 1.29 is 9.31 Å². The van der Waals surface area contributed by atoms with Crippen molar-refractivity contribution in [3.8, 4) is 0 Å². The number of hydrogen-bond acceptors (Lipinski definition) is 3. The molecule has 1 heterocycles. The van der Waals surface area contributed by atoms with E-state index in [0.717, 1.165) is 12.8 Å². The second kappa shape index (κ2) is 4.00. The van der Waals surface area contributed by atoms with Crippen molar-refractivity contribution in [2.75, 3.05) is 0 Å². The van der Waals surface area contributed by atoms with E-state index in [4.69, 9.17) is 15.0 Å². The van der Waals surface area contributed by atoms with E-state index < -0.39 is 0 Å². The van der Waals surface area contributed by atoms with Gasteiger partial charge < -0.3 is 15.0 Å². The first-order valence-corrected chi connectivity index (χ1v) is 6.45. The molecule has 0 spiro atoms. The van der Waals surface area contributed by atoms with Crippen LogP contribution in [0.4, 0.5) is 0 Å². The zero-order valence-corrected chi connectivity index (χ0v) is 11.0. The first kappa shape index (κ1) is 12.4. The molecule has 0 aromatic rings. The highest BCUT2D eigenvalue weighted by atomic mass is 16.7. The number of nitrogens with two attached hydrogens (primary N) is 1. The summed E-state index contributed by atoms with van der Waals surface area (Å²) in [5, 5.41) is 0. The molecule has 1 saturated carbocycles. The molecule has 2 rings (SSSR count). The summed E-state index contributed by atoms with van der Waals surface area (Å²) in [6, 6.07) is 0.239. The maximum absolute atomic E-state index is 6.18. The molecule has 0 radical (unpaired) electrons. The minimum Gasteiger partial charge on any atom is -0.403 e. The topological polar surface area (TPSA) is 44.5 Å². The molecule has 2 aliphatic rings. The summed E-state index contributed by atoms with van der Waals surface area (Å²) in [5.74, 6) is 0.370. The van der Waals surface area contributed by atoms with E-state index in [1.54, 1.807) is 0 Å². The molecule has 1 aliphatic carbocycles. The molecule has 1 aliphatic heterocycles. The third-order valence-electron chi connectivity index (χ3n) is 4.50. The largest absolute Gasteiger partial charge is 0.462 e. The van der Waals surface area contributed by atoms with Crippen LogP contribution in [-0.4, -0.2) is 24.4 Å². The van der Waals surface area contributed by atoms with E-state index in [0.29, 0.717) is 5.82 Å².